The van der Waals surface area contributed by atoms with Crippen molar-refractivity contribution >= 4 is 22.9 Å². The zero-order valence-electron chi connectivity index (χ0n) is 15.9. The zero-order valence-corrected chi connectivity index (χ0v) is 15.9. The molecule has 2 aromatic heterocycles. The number of nitrogens with zero attached hydrogens (tertiary/aromatic N) is 5. The molecule has 2 aromatic rings. The largest absolute Gasteiger partial charge is 0.368 e. The number of carbonyl (C=O) groups excluding carboxylic acids is 1. The average Bonchev–Trinajstić information content (AvgIpc) is 3.03. The quantitative estimate of drug-likeness (QED) is 0.883. The van der Waals surface area contributed by atoms with Gasteiger partial charge in [0, 0.05) is 26.2 Å². The van der Waals surface area contributed by atoms with Crippen molar-refractivity contribution in [3.63, 3.8) is 0 Å². The number of imidazole rings is 1. The first-order valence-corrected chi connectivity index (χ1v) is 9.99. The molecule has 1 aliphatic carbocycles. The summed E-state index contributed by atoms with van der Waals surface area (Å²) < 4.78 is 5.93. The molecule has 1 amide bonds. The summed E-state index contributed by atoms with van der Waals surface area (Å²) in [5.41, 5.74) is 1.53. The molecule has 0 bridgehead atoms. The van der Waals surface area contributed by atoms with Crippen LogP contribution in [0.1, 0.15) is 39.0 Å². The number of aromatic amines is 1. The van der Waals surface area contributed by atoms with Crippen molar-refractivity contribution in [2.45, 2.75) is 45.1 Å². The number of rotatable bonds is 4. The lowest BCUT2D eigenvalue weighted by Crippen LogP contribution is -2.38. The van der Waals surface area contributed by atoms with E-state index in [1.54, 1.807) is 12.7 Å². The molecule has 2 fully saturated rings. The second kappa shape index (κ2) is 8.21. The fraction of sp³-hybridized carbons (Fsp3) is 0.684. The van der Waals surface area contributed by atoms with Crippen LogP contribution in [-0.2, 0) is 9.53 Å². The smallest absolute Gasteiger partial charge is 0.248 e. The molecule has 1 saturated carbocycles. The van der Waals surface area contributed by atoms with Crippen LogP contribution in [-0.4, -0.2) is 69.6 Å². The number of nitrogens with one attached hydrogen (secondary N) is 1. The summed E-state index contributed by atoms with van der Waals surface area (Å²) >= 11 is 0. The topological polar surface area (TPSA) is 87.2 Å². The summed E-state index contributed by atoms with van der Waals surface area (Å²) in [7, 11) is 0. The van der Waals surface area contributed by atoms with E-state index in [9.17, 15) is 4.79 Å². The molecular weight excluding hydrogens is 344 g/mol. The Bertz CT molecular complexity index is 778. The van der Waals surface area contributed by atoms with Crippen molar-refractivity contribution in [2.75, 3.05) is 37.7 Å². The molecule has 0 radical (unpaired) electrons. The third kappa shape index (κ3) is 4.21. The van der Waals surface area contributed by atoms with Crippen molar-refractivity contribution in [1.29, 1.82) is 0 Å². The molecule has 8 heteroatoms. The molecule has 1 N–H and O–H groups in total. The van der Waals surface area contributed by atoms with Crippen LogP contribution in [0.25, 0.3) is 11.2 Å². The summed E-state index contributed by atoms with van der Waals surface area (Å²) in [6.45, 7) is 5.52. The number of carbonyl (C=O) groups is 1. The predicted molar refractivity (Wildman–Crippen MR) is 102 cm³/mol. The van der Waals surface area contributed by atoms with Gasteiger partial charge in [0.05, 0.1) is 12.4 Å². The van der Waals surface area contributed by atoms with Crippen LogP contribution in [0.4, 0.5) is 5.82 Å². The van der Waals surface area contributed by atoms with E-state index < -0.39 is 0 Å². The van der Waals surface area contributed by atoms with Crippen molar-refractivity contribution in [2.24, 2.45) is 5.92 Å². The van der Waals surface area contributed by atoms with Crippen molar-refractivity contribution in [1.82, 2.24) is 24.8 Å². The summed E-state index contributed by atoms with van der Waals surface area (Å²) in [4.78, 5) is 32.7. The van der Waals surface area contributed by atoms with Gasteiger partial charge >= 0.3 is 0 Å². The SMILES string of the molecule is CC1CCCC(OCC(=O)N2CCCN(c3ncnc4nc[nH]c34)CC2)C1. The Morgan fingerprint density at radius 2 is 2.11 bits per heavy atom. The summed E-state index contributed by atoms with van der Waals surface area (Å²) in [6, 6.07) is 0. The van der Waals surface area contributed by atoms with Gasteiger partial charge in [0.1, 0.15) is 18.5 Å². The van der Waals surface area contributed by atoms with E-state index in [2.05, 4.69) is 31.8 Å². The zero-order chi connectivity index (χ0) is 18.6. The number of amides is 1. The highest BCUT2D eigenvalue weighted by Gasteiger charge is 2.24. The number of H-pyrrole nitrogens is 1. The van der Waals surface area contributed by atoms with Crippen molar-refractivity contribution < 1.29 is 9.53 Å². The summed E-state index contributed by atoms with van der Waals surface area (Å²) in [5, 5.41) is 0. The maximum atomic E-state index is 12.6. The van der Waals surface area contributed by atoms with Gasteiger partial charge in [-0.1, -0.05) is 19.8 Å². The van der Waals surface area contributed by atoms with Crippen molar-refractivity contribution in [3.05, 3.63) is 12.7 Å². The molecule has 2 atom stereocenters. The van der Waals surface area contributed by atoms with Crippen molar-refractivity contribution in [3.8, 4) is 0 Å². The molecule has 0 spiro atoms. The molecular formula is C19H28N6O2. The van der Waals surface area contributed by atoms with E-state index in [0.29, 0.717) is 18.1 Å². The molecule has 1 aliphatic heterocycles. The van der Waals surface area contributed by atoms with Gasteiger partial charge in [-0.25, -0.2) is 15.0 Å². The third-order valence-electron chi connectivity index (χ3n) is 5.68. The highest BCUT2D eigenvalue weighted by molar-refractivity contribution is 5.83. The first-order valence-electron chi connectivity index (χ1n) is 9.99. The highest BCUT2D eigenvalue weighted by atomic mass is 16.5. The van der Waals surface area contributed by atoms with Crippen LogP contribution in [0, 0.1) is 5.92 Å². The molecule has 27 heavy (non-hydrogen) atoms. The summed E-state index contributed by atoms with van der Waals surface area (Å²) in [6.07, 6.45) is 8.99. The van der Waals surface area contributed by atoms with Crippen LogP contribution >= 0.6 is 0 Å². The number of hydrogen-bond donors (Lipinski definition) is 1. The molecule has 3 heterocycles. The lowest BCUT2D eigenvalue weighted by Gasteiger charge is -2.28. The fourth-order valence-corrected chi connectivity index (χ4v) is 4.18. The van der Waals surface area contributed by atoms with E-state index in [1.165, 1.54) is 12.8 Å². The van der Waals surface area contributed by atoms with Gasteiger partial charge in [0.2, 0.25) is 5.91 Å². The average molecular weight is 372 g/mol. The van der Waals surface area contributed by atoms with E-state index in [1.807, 2.05) is 4.90 Å². The van der Waals surface area contributed by atoms with Crippen LogP contribution < -0.4 is 4.90 Å². The molecule has 2 aliphatic rings. The third-order valence-corrected chi connectivity index (χ3v) is 5.68. The maximum Gasteiger partial charge on any atom is 0.248 e. The molecule has 1 saturated heterocycles. The first-order chi connectivity index (χ1) is 13.2. The Hall–Kier alpha value is -2.22. The maximum absolute atomic E-state index is 12.6. The second-order valence-electron chi connectivity index (χ2n) is 7.72. The van der Waals surface area contributed by atoms with Gasteiger partial charge in [0.25, 0.3) is 0 Å². The Labute approximate surface area is 159 Å². The normalized spacial score (nSPS) is 24.2. The van der Waals surface area contributed by atoms with Crippen LogP contribution in [0.15, 0.2) is 12.7 Å². The van der Waals surface area contributed by atoms with E-state index in [0.717, 1.165) is 50.2 Å². The Balaban J connectivity index is 1.33. The minimum absolute atomic E-state index is 0.101. The standard InChI is InChI=1S/C19H28N6O2/c1-14-4-2-5-15(10-14)27-11-16(26)24-6-3-7-25(9-8-24)19-17-18(21-12-20-17)22-13-23-19/h12-15H,2-11H2,1H3,(H,20,21,22,23). The van der Waals surface area contributed by atoms with Gasteiger partial charge in [-0.3, -0.25) is 4.79 Å². The number of anilines is 1. The minimum atomic E-state index is 0.101. The highest BCUT2D eigenvalue weighted by Crippen LogP contribution is 2.26. The molecule has 0 aromatic carbocycles. The summed E-state index contributed by atoms with van der Waals surface area (Å²) in [5.74, 6) is 1.67. The van der Waals surface area contributed by atoms with Crippen LogP contribution in [0.3, 0.4) is 0 Å². The molecule has 2 unspecified atom stereocenters. The Kier molecular flexibility index (Phi) is 5.52. The minimum Gasteiger partial charge on any atom is -0.368 e. The van der Waals surface area contributed by atoms with E-state index in [-0.39, 0.29) is 18.6 Å². The second-order valence-corrected chi connectivity index (χ2v) is 7.72. The van der Waals surface area contributed by atoms with E-state index in [4.69, 9.17) is 4.74 Å². The molecule has 146 valence electrons. The van der Waals surface area contributed by atoms with Gasteiger partial charge in [0.15, 0.2) is 11.5 Å². The number of aromatic nitrogens is 4. The number of ether oxygens (including phenoxy) is 1. The van der Waals surface area contributed by atoms with Gasteiger partial charge < -0.3 is 19.5 Å². The fourth-order valence-electron chi connectivity index (χ4n) is 4.18. The Morgan fingerprint density at radius 3 is 3.00 bits per heavy atom. The van der Waals surface area contributed by atoms with E-state index >= 15 is 0 Å². The monoisotopic (exact) mass is 372 g/mol. The number of hydrogen-bond acceptors (Lipinski definition) is 6. The van der Waals surface area contributed by atoms with Crippen LogP contribution in [0.5, 0.6) is 0 Å². The van der Waals surface area contributed by atoms with Gasteiger partial charge in [-0.2, -0.15) is 0 Å². The van der Waals surface area contributed by atoms with Gasteiger partial charge in [-0.05, 0) is 25.2 Å². The number of fused-ring (bicyclic) bond motifs is 1. The molecule has 8 nitrogen and oxygen atoms in total. The first kappa shape index (κ1) is 18.2. The molecule has 4 rings (SSSR count). The predicted octanol–water partition coefficient (Wildman–Crippen LogP) is 1.99. The Morgan fingerprint density at radius 1 is 1.19 bits per heavy atom. The lowest BCUT2D eigenvalue weighted by molar-refractivity contribution is -0.139. The van der Waals surface area contributed by atoms with Crippen LogP contribution in [0.2, 0.25) is 0 Å². The lowest BCUT2D eigenvalue weighted by atomic mass is 9.89. The van der Waals surface area contributed by atoms with Gasteiger partial charge in [-0.15, -0.1) is 0 Å².